The number of rotatable bonds is 7. The van der Waals surface area contributed by atoms with Crippen LogP contribution >= 0.6 is 0 Å². The highest BCUT2D eigenvalue weighted by molar-refractivity contribution is 5.25. The van der Waals surface area contributed by atoms with Crippen LogP contribution in [-0.4, -0.2) is 25.0 Å². The molecule has 0 amide bonds. The fourth-order valence-corrected chi connectivity index (χ4v) is 2.21. The third-order valence-corrected chi connectivity index (χ3v) is 3.30. The van der Waals surface area contributed by atoms with Gasteiger partial charge in [0.05, 0.1) is 0 Å². The van der Waals surface area contributed by atoms with Crippen molar-refractivity contribution in [2.45, 2.75) is 39.2 Å². The van der Waals surface area contributed by atoms with E-state index in [1.807, 2.05) is 0 Å². The molecule has 2 nitrogen and oxygen atoms in total. The van der Waals surface area contributed by atoms with Gasteiger partial charge >= 0.3 is 0 Å². The summed E-state index contributed by atoms with van der Waals surface area (Å²) in [6, 6.07) is 9.03. The number of benzene rings is 1. The molecule has 0 bridgehead atoms. The summed E-state index contributed by atoms with van der Waals surface area (Å²) in [6.07, 6.45) is 3.83. The van der Waals surface area contributed by atoms with Crippen molar-refractivity contribution in [3.63, 3.8) is 0 Å². The molecule has 1 atom stereocenters. The van der Waals surface area contributed by atoms with Crippen LogP contribution in [0, 0.1) is 6.92 Å². The van der Waals surface area contributed by atoms with E-state index in [0.717, 1.165) is 6.54 Å². The predicted molar refractivity (Wildman–Crippen MR) is 75.1 cm³/mol. The molecule has 0 fully saturated rings. The van der Waals surface area contributed by atoms with Gasteiger partial charge in [-0.3, -0.25) is 4.90 Å². The van der Waals surface area contributed by atoms with E-state index in [4.69, 9.17) is 5.73 Å². The Bertz CT molecular complexity index is 322. The molecule has 0 radical (unpaired) electrons. The fraction of sp³-hybridized carbons (Fsp3) is 0.600. The van der Waals surface area contributed by atoms with E-state index in [1.165, 1.54) is 30.4 Å². The number of hydrogen-bond acceptors (Lipinski definition) is 2. The van der Waals surface area contributed by atoms with E-state index in [1.54, 1.807) is 0 Å². The van der Waals surface area contributed by atoms with Crippen molar-refractivity contribution < 1.29 is 0 Å². The number of nitrogens with two attached hydrogens (primary N) is 1. The van der Waals surface area contributed by atoms with Crippen LogP contribution in [-0.2, 0) is 0 Å². The summed E-state index contributed by atoms with van der Waals surface area (Å²) in [5.74, 6) is 0. The Morgan fingerprint density at radius 1 is 1.29 bits per heavy atom. The lowest BCUT2D eigenvalue weighted by molar-refractivity contribution is 0.245. The maximum Gasteiger partial charge on any atom is 0.0467 e. The minimum atomic E-state index is 0.353. The van der Waals surface area contributed by atoms with Gasteiger partial charge in [-0.25, -0.2) is 0 Å². The quantitative estimate of drug-likeness (QED) is 0.734. The van der Waals surface area contributed by atoms with E-state index in [0.29, 0.717) is 12.6 Å². The predicted octanol–water partition coefficient (Wildman–Crippen LogP) is 3.12. The van der Waals surface area contributed by atoms with Gasteiger partial charge < -0.3 is 5.73 Å². The van der Waals surface area contributed by atoms with E-state index < -0.39 is 0 Å². The minimum absolute atomic E-state index is 0.353. The lowest BCUT2D eigenvalue weighted by Crippen LogP contribution is -2.31. The summed E-state index contributed by atoms with van der Waals surface area (Å²) in [4.78, 5) is 2.38. The number of nitrogens with zero attached hydrogens (tertiary/aromatic N) is 1. The minimum Gasteiger partial charge on any atom is -0.329 e. The van der Waals surface area contributed by atoms with Crippen LogP contribution in [0.1, 0.15) is 43.4 Å². The van der Waals surface area contributed by atoms with Gasteiger partial charge in [-0.05, 0) is 32.5 Å². The second kappa shape index (κ2) is 7.46. The zero-order valence-electron chi connectivity index (χ0n) is 11.4. The van der Waals surface area contributed by atoms with Crippen molar-refractivity contribution in [2.24, 2.45) is 5.73 Å². The second-order valence-electron chi connectivity index (χ2n) is 4.85. The Labute approximate surface area is 106 Å². The summed E-state index contributed by atoms with van der Waals surface area (Å²) in [6.45, 7) is 6.19. The topological polar surface area (TPSA) is 29.3 Å². The first kappa shape index (κ1) is 14.2. The lowest BCUT2D eigenvalue weighted by atomic mass is 10.0. The molecule has 0 aliphatic rings. The molecular formula is C15H26N2. The summed E-state index contributed by atoms with van der Waals surface area (Å²) in [5.41, 5.74) is 8.57. The molecule has 0 aliphatic heterocycles. The van der Waals surface area contributed by atoms with Gasteiger partial charge in [-0.1, -0.05) is 49.6 Å². The molecule has 1 aromatic rings. The highest BCUT2D eigenvalue weighted by Gasteiger charge is 2.14. The first-order chi connectivity index (χ1) is 8.19. The van der Waals surface area contributed by atoms with Crippen LogP contribution in [0.3, 0.4) is 0 Å². The average Bonchev–Trinajstić information content (AvgIpc) is 2.30. The molecule has 1 unspecified atom stereocenters. The Morgan fingerprint density at radius 3 is 2.65 bits per heavy atom. The third-order valence-electron chi connectivity index (χ3n) is 3.30. The first-order valence-corrected chi connectivity index (χ1v) is 6.66. The smallest absolute Gasteiger partial charge is 0.0467 e. The Morgan fingerprint density at radius 2 is 2.06 bits per heavy atom. The molecule has 1 aromatic carbocycles. The van der Waals surface area contributed by atoms with E-state index in [-0.39, 0.29) is 0 Å². The highest BCUT2D eigenvalue weighted by atomic mass is 15.1. The first-order valence-electron chi connectivity index (χ1n) is 6.66. The summed E-state index contributed by atoms with van der Waals surface area (Å²) in [5, 5.41) is 0. The molecule has 1 rings (SSSR count). The van der Waals surface area contributed by atoms with E-state index in [9.17, 15) is 0 Å². The lowest BCUT2D eigenvalue weighted by Gasteiger charge is -2.27. The number of hydrogen-bond donors (Lipinski definition) is 1. The molecule has 0 saturated carbocycles. The van der Waals surface area contributed by atoms with Crippen LogP contribution in [0.4, 0.5) is 0 Å². The molecule has 2 N–H and O–H groups in total. The largest absolute Gasteiger partial charge is 0.329 e. The molecule has 0 heterocycles. The van der Waals surface area contributed by atoms with Gasteiger partial charge in [-0.2, -0.15) is 0 Å². The number of likely N-dealkylation sites (N-methyl/N-ethyl adjacent to an activating group) is 1. The Kier molecular flexibility index (Phi) is 6.23. The van der Waals surface area contributed by atoms with E-state index in [2.05, 4.69) is 50.1 Å². The maximum atomic E-state index is 5.92. The van der Waals surface area contributed by atoms with Gasteiger partial charge in [0.25, 0.3) is 0 Å². The molecule has 0 aliphatic carbocycles. The normalized spacial score (nSPS) is 13.0. The van der Waals surface area contributed by atoms with Gasteiger partial charge in [0.2, 0.25) is 0 Å². The summed E-state index contributed by atoms with van der Waals surface area (Å²) < 4.78 is 0. The zero-order valence-corrected chi connectivity index (χ0v) is 11.4. The van der Waals surface area contributed by atoms with Gasteiger partial charge in [0.1, 0.15) is 0 Å². The molecule has 0 saturated heterocycles. The summed E-state index contributed by atoms with van der Waals surface area (Å²) >= 11 is 0. The zero-order chi connectivity index (χ0) is 12.7. The highest BCUT2D eigenvalue weighted by Crippen LogP contribution is 2.19. The second-order valence-corrected chi connectivity index (χ2v) is 4.85. The van der Waals surface area contributed by atoms with Crippen molar-refractivity contribution in [1.82, 2.24) is 4.90 Å². The third kappa shape index (κ3) is 4.49. The molecule has 0 aromatic heterocycles. The number of aryl methyl sites for hydroxylation is 1. The SMILES string of the molecule is CCCCCN(C)C(CN)c1cccc(C)c1. The fourth-order valence-electron chi connectivity index (χ4n) is 2.21. The van der Waals surface area contributed by atoms with Crippen molar-refractivity contribution in [1.29, 1.82) is 0 Å². The van der Waals surface area contributed by atoms with Gasteiger partial charge in [-0.15, -0.1) is 0 Å². The Hall–Kier alpha value is -0.860. The van der Waals surface area contributed by atoms with Crippen molar-refractivity contribution in [3.05, 3.63) is 35.4 Å². The van der Waals surface area contributed by atoms with Crippen LogP contribution in [0.25, 0.3) is 0 Å². The maximum absolute atomic E-state index is 5.92. The molecule has 0 spiro atoms. The van der Waals surface area contributed by atoms with E-state index >= 15 is 0 Å². The van der Waals surface area contributed by atoms with Gasteiger partial charge in [0.15, 0.2) is 0 Å². The molecule has 2 heteroatoms. The van der Waals surface area contributed by atoms with Crippen LogP contribution in [0.5, 0.6) is 0 Å². The van der Waals surface area contributed by atoms with Crippen molar-refractivity contribution in [3.8, 4) is 0 Å². The Balaban J connectivity index is 2.63. The van der Waals surface area contributed by atoms with Crippen LogP contribution < -0.4 is 5.73 Å². The monoisotopic (exact) mass is 234 g/mol. The average molecular weight is 234 g/mol. The van der Waals surface area contributed by atoms with Crippen LogP contribution in [0.15, 0.2) is 24.3 Å². The van der Waals surface area contributed by atoms with Gasteiger partial charge in [0, 0.05) is 12.6 Å². The summed E-state index contributed by atoms with van der Waals surface area (Å²) in [7, 11) is 2.18. The molecular weight excluding hydrogens is 208 g/mol. The standard InChI is InChI=1S/C15H26N2/c1-4-5-6-10-17(3)15(12-16)14-9-7-8-13(2)11-14/h7-9,11,15H,4-6,10,12,16H2,1-3H3. The van der Waals surface area contributed by atoms with Crippen molar-refractivity contribution in [2.75, 3.05) is 20.1 Å². The van der Waals surface area contributed by atoms with Crippen molar-refractivity contribution >= 4 is 0 Å². The number of unbranched alkanes of at least 4 members (excludes halogenated alkanes) is 2. The molecule has 96 valence electrons. The van der Waals surface area contributed by atoms with Crippen LogP contribution in [0.2, 0.25) is 0 Å². The molecule has 17 heavy (non-hydrogen) atoms.